The second kappa shape index (κ2) is 8.25. The van der Waals surface area contributed by atoms with Gasteiger partial charge < -0.3 is 4.74 Å². The number of benzene rings is 2. The van der Waals surface area contributed by atoms with Gasteiger partial charge in [0.05, 0.1) is 18.7 Å². The van der Waals surface area contributed by atoms with Gasteiger partial charge in [-0.25, -0.2) is 4.79 Å². The van der Waals surface area contributed by atoms with Crippen molar-refractivity contribution in [3.8, 4) is 6.07 Å². The minimum Gasteiger partial charge on any atom is -0.466 e. The summed E-state index contributed by atoms with van der Waals surface area (Å²) in [7, 11) is 1.31. The number of rotatable bonds is 5. The lowest BCUT2D eigenvalue weighted by atomic mass is 10.1. The van der Waals surface area contributed by atoms with Crippen molar-refractivity contribution in [2.24, 2.45) is 0 Å². The first kappa shape index (κ1) is 16.9. The van der Waals surface area contributed by atoms with Crippen molar-refractivity contribution < 1.29 is 14.3 Å². The molecule has 0 atom stereocenters. The van der Waals surface area contributed by atoms with Gasteiger partial charge in [-0.2, -0.15) is 5.26 Å². The lowest BCUT2D eigenvalue weighted by Gasteiger charge is -1.98. The monoisotopic (exact) mass is 317 g/mol. The average molecular weight is 317 g/mol. The average Bonchev–Trinajstić information content (AvgIpc) is 2.64. The van der Waals surface area contributed by atoms with Gasteiger partial charge in [0.25, 0.3) is 0 Å². The molecule has 0 aliphatic heterocycles. The number of allylic oxidation sites excluding steroid dienone is 1. The van der Waals surface area contributed by atoms with Crippen LogP contribution in [0.25, 0.3) is 12.2 Å². The van der Waals surface area contributed by atoms with Gasteiger partial charge in [0.1, 0.15) is 0 Å². The number of nitriles is 1. The predicted octanol–water partition coefficient (Wildman–Crippen LogP) is 3.64. The summed E-state index contributed by atoms with van der Waals surface area (Å²) in [5, 5.41) is 8.75. The molecule has 2 rings (SSSR count). The van der Waals surface area contributed by atoms with Crippen molar-refractivity contribution in [2.45, 2.75) is 0 Å². The molecular formula is C20H15NO3. The second-order valence-electron chi connectivity index (χ2n) is 4.91. The molecule has 0 unspecified atom stereocenters. The fourth-order valence-corrected chi connectivity index (χ4v) is 1.93. The molecule has 0 aliphatic rings. The largest absolute Gasteiger partial charge is 0.466 e. The standard InChI is InChI=1S/C20H15NO3/c1-24-20(23)13-9-16-6-10-18(11-7-16)19(22)12-8-15-2-4-17(14-21)5-3-15/h2-13H,1H3. The van der Waals surface area contributed by atoms with E-state index >= 15 is 0 Å². The van der Waals surface area contributed by atoms with E-state index in [9.17, 15) is 9.59 Å². The molecule has 4 nitrogen and oxygen atoms in total. The molecule has 2 aromatic carbocycles. The Kier molecular flexibility index (Phi) is 5.82. The van der Waals surface area contributed by atoms with E-state index < -0.39 is 5.97 Å². The zero-order chi connectivity index (χ0) is 17.4. The molecule has 0 aromatic heterocycles. The highest BCUT2D eigenvalue weighted by Gasteiger charge is 2.01. The molecule has 0 spiro atoms. The van der Waals surface area contributed by atoms with Crippen LogP contribution in [0.2, 0.25) is 0 Å². The van der Waals surface area contributed by atoms with Crippen LogP contribution in [0.15, 0.2) is 60.7 Å². The number of carbonyl (C=O) groups excluding carboxylic acids is 2. The maximum Gasteiger partial charge on any atom is 0.330 e. The summed E-state index contributed by atoms with van der Waals surface area (Å²) in [5.74, 6) is -0.552. The van der Waals surface area contributed by atoms with Crippen LogP contribution in [0.4, 0.5) is 0 Å². The van der Waals surface area contributed by atoms with Crippen molar-refractivity contribution in [2.75, 3.05) is 7.11 Å². The minimum atomic E-state index is -0.430. The van der Waals surface area contributed by atoms with E-state index in [1.54, 1.807) is 60.7 Å². The Morgan fingerprint density at radius 2 is 1.46 bits per heavy atom. The molecule has 0 saturated heterocycles. The first-order chi connectivity index (χ1) is 11.6. The van der Waals surface area contributed by atoms with Crippen LogP contribution >= 0.6 is 0 Å². The van der Waals surface area contributed by atoms with Crippen molar-refractivity contribution in [1.82, 2.24) is 0 Å². The van der Waals surface area contributed by atoms with Crippen LogP contribution in [0.3, 0.4) is 0 Å². The lowest BCUT2D eigenvalue weighted by molar-refractivity contribution is -0.134. The summed E-state index contributed by atoms with van der Waals surface area (Å²) in [4.78, 5) is 23.2. The van der Waals surface area contributed by atoms with Gasteiger partial charge in [-0.1, -0.05) is 42.5 Å². The van der Waals surface area contributed by atoms with Gasteiger partial charge in [-0.15, -0.1) is 0 Å². The van der Waals surface area contributed by atoms with E-state index in [1.807, 2.05) is 6.07 Å². The fraction of sp³-hybridized carbons (Fsp3) is 0.0500. The lowest BCUT2D eigenvalue weighted by Crippen LogP contribution is -1.95. The van der Waals surface area contributed by atoms with Gasteiger partial charge in [0, 0.05) is 11.6 Å². The molecule has 24 heavy (non-hydrogen) atoms. The van der Waals surface area contributed by atoms with Gasteiger partial charge in [-0.05, 0) is 35.4 Å². The Morgan fingerprint density at radius 1 is 0.917 bits per heavy atom. The quantitative estimate of drug-likeness (QED) is 0.480. The Morgan fingerprint density at radius 3 is 2.00 bits per heavy atom. The first-order valence-corrected chi connectivity index (χ1v) is 7.21. The van der Waals surface area contributed by atoms with E-state index in [0.717, 1.165) is 11.1 Å². The third-order valence-corrected chi connectivity index (χ3v) is 3.28. The summed E-state index contributed by atoms with van der Waals surface area (Å²) >= 11 is 0. The van der Waals surface area contributed by atoms with Crippen LogP contribution in [-0.4, -0.2) is 18.9 Å². The number of methoxy groups -OCH3 is 1. The molecular weight excluding hydrogens is 302 g/mol. The maximum atomic E-state index is 12.1. The molecule has 0 aliphatic carbocycles. The topological polar surface area (TPSA) is 67.2 Å². The van der Waals surface area contributed by atoms with E-state index in [4.69, 9.17) is 5.26 Å². The van der Waals surface area contributed by atoms with Crippen molar-refractivity contribution in [3.63, 3.8) is 0 Å². The summed E-state index contributed by atoms with van der Waals surface area (Å²) in [6.07, 6.45) is 6.13. The third-order valence-electron chi connectivity index (χ3n) is 3.28. The van der Waals surface area contributed by atoms with Crippen molar-refractivity contribution in [1.29, 1.82) is 5.26 Å². The van der Waals surface area contributed by atoms with Gasteiger partial charge in [0.2, 0.25) is 0 Å². The Balaban J connectivity index is 2.04. The highest BCUT2D eigenvalue weighted by Crippen LogP contribution is 2.10. The molecule has 0 fully saturated rings. The van der Waals surface area contributed by atoms with E-state index in [1.165, 1.54) is 19.3 Å². The van der Waals surface area contributed by atoms with Crippen molar-refractivity contribution >= 4 is 23.9 Å². The van der Waals surface area contributed by atoms with E-state index in [-0.39, 0.29) is 5.78 Å². The summed E-state index contributed by atoms with van der Waals surface area (Å²) in [5.41, 5.74) is 2.78. The van der Waals surface area contributed by atoms with Gasteiger partial charge in [-0.3, -0.25) is 4.79 Å². The molecule has 0 saturated carbocycles. The molecule has 0 N–H and O–H groups in total. The number of ketones is 1. The van der Waals surface area contributed by atoms with E-state index in [0.29, 0.717) is 11.1 Å². The van der Waals surface area contributed by atoms with E-state index in [2.05, 4.69) is 4.74 Å². The maximum absolute atomic E-state index is 12.1. The smallest absolute Gasteiger partial charge is 0.330 e. The van der Waals surface area contributed by atoms with Gasteiger partial charge in [0.15, 0.2) is 5.78 Å². The molecule has 0 heterocycles. The summed E-state index contributed by atoms with van der Waals surface area (Å²) in [6, 6.07) is 15.9. The Hall–Kier alpha value is -3.45. The minimum absolute atomic E-state index is 0.122. The fourth-order valence-electron chi connectivity index (χ4n) is 1.93. The molecule has 0 amide bonds. The molecule has 118 valence electrons. The number of nitrogens with zero attached hydrogens (tertiary/aromatic N) is 1. The number of carbonyl (C=O) groups is 2. The summed E-state index contributed by atoms with van der Waals surface area (Å²) in [6.45, 7) is 0. The second-order valence-corrected chi connectivity index (χ2v) is 4.91. The Labute approximate surface area is 140 Å². The number of hydrogen-bond donors (Lipinski definition) is 0. The normalized spacial score (nSPS) is 10.7. The van der Waals surface area contributed by atoms with Gasteiger partial charge >= 0.3 is 5.97 Å². The van der Waals surface area contributed by atoms with Crippen LogP contribution < -0.4 is 0 Å². The Bertz CT molecular complexity index is 823. The zero-order valence-corrected chi connectivity index (χ0v) is 13.1. The third kappa shape index (κ3) is 4.79. The highest BCUT2D eigenvalue weighted by molar-refractivity contribution is 6.06. The van der Waals surface area contributed by atoms with Crippen molar-refractivity contribution in [3.05, 3.63) is 82.9 Å². The zero-order valence-electron chi connectivity index (χ0n) is 13.1. The summed E-state index contributed by atoms with van der Waals surface area (Å²) < 4.78 is 4.52. The number of hydrogen-bond acceptors (Lipinski definition) is 4. The first-order valence-electron chi connectivity index (χ1n) is 7.21. The SMILES string of the molecule is COC(=O)C=Cc1ccc(C(=O)C=Cc2ccc(C#N)cc2)cc1. The van der Waals surface area contributed by atoms with Crippen LogP contribution in [0, 0.1) is 11.3 Å². The van der Waals surface area contributed by atoms with Crippen LogP contribution in [0.1, 0.15) is 27.0 Å². The molecule has 0 radical (unpaired) electrons. The van der Waals surface area contributed by atoms with Crippen LogP contribution in [0.5, 0.6) is 0 Å². The van der Waals surface area contributed by atoms with Crippen LogP contribution in [-0.2, 0) is 9.53 Å². The predicted molar refractivity (Wildman–Crippen MR) is 92.0 cm³/mol. The molecule has 0 bridgehead atoms. The number of esters is 1. The number of ether oxygens (including phenoxy) is 1. The molecule has 2 aromatic rings. The highest BCUT2D eigenvalue weighted by atomic mass is 16.5. The molecule has 4 heteroatoms.